The van der Waals surface area contributed by atoms with Crippen LogP contribution in [0.15, 0.2) is 24.3 Å². The van der Waals surface area contributed by atoms with E-state index < -0.39 is 17.4 Å². The fraction of sp³-hybridized carbons (Fsp3) is 0.333. The van der Waals surface area contributed by atoms with Gasteiger partial charge in [0.05, 0.1) is 6.61 Å². The second kappa shape index (κ2) is 4.89. The standard InChI is InChI=1S/C15H16N2O4/c1-9-2-3-10-7-12(16-11(10)6-9)13(18)17-15(14(19)20)4-5-21-8-15/h2-3,6-7,16H,4-5,8H2,1H3,(H,17,18)(H,19,20). The van der Waals surface area contributed by atoms with Crippen LogP contribution in [0.2, 0.25) is 0 Å². The molecule has 110 valence electrons. The molecule has 1 aliphatic heterocycles. The van der Waals surface area contributed by atoms with Crippen molar-refractivity contribution in [2.75, 3.05) is 13.2 Å². The van der Waals surface area contributed by atoms with Gasteiger partial charge in [-0.1, -0.05) is 12.1 Å². The molecule has 3 N–H and O–H groups in total. The van der Waals surface area contributed by atoms with Crippen molar-refractivity contribution in [3.63, 3.8) is 0 Å². The van der Waals surface area contributed by atoms with Crippen LogP contribution in [0.5, 0.6) is 0 Å². The first kappa shape index (κ1) is 13.6. The Hall–Kier alpha value is -2.34. The minimum atomic E-state index is -1.33. The van der Waals surface area contributed by atoms with Crippen LogP contribution in [0, 0.1) is 6.92 Å². The summed E-state index contributed by atoms with van der Waals surface area (Å²) in [7, 11) is 0. The SMILES string of the molecule is Cc1ccc2cc(C(=O)NC3(C(=O)O)CCOC3)[nH]c2c1. The number of carbonyl (C=O) groups excluding carboxylic acids is 1. The molecule has 0 spiro atoms. The Kier molecular flexibility index (Phi) is 3.17. The highest BCUT2D eigenvalue weighted by Gasteiger charge is 2.44. The lowest BCUT2D eigenvalue weighted by molar-refractivity contribution is -0.144. The number of aromatic amines is 1. The van der Waals surface area contributed by atoms with Crippen molar-refractivity contribution in [2.24, 2.45) is 0 Å². The molecular weight excluding hydrogens is 272 g/mol. The second-order valence-corrected chi connectivity index (χ2v) is 5.42. The number of benzene rings is 1. The van der Waals surface area contributed by atoms with Crippen molar-refractivity contribution in [1.82, 2.24) is 10.3 Å². The summed E-state index contributed by atoms with van der Waals surface area (Å²) in [4.78, 5) is 26.7. The van der Waals surface area contributed by atoms with Gasteiger partial charge >= 0.3 is 5.97 Å². The van der Waals surface area contributed by atoms with Crippen molar-refractivity contribution in [2.45, 2.75) is 18.9 Å². The molecule has 2 heterocycles. The van der Waals surface area contributed by atoms with Crippen molar-refractivity contribution in [1.29, 1.82) is 0 Å². The molecule has 6 heteroatoms. The monoisotopic (exact) mass is 288 g/mol. The van der Waals surface area contributed by atoms with Gasteiger partial charge in [0.15, 0.2) is 5.54 Å². The van der Waals surface area contributed by atoms with E-state index in [0.717, 1.165) is 16.5 Å². The normalized spacial score (nSPS) is 21.6. The van der Waals surface area contributed by atoms with E-state index in [2.05, 4.69) is 10.3 Å². The number of carboxylic acids is 1. The maximum atomic E-state index is 12.3. The Labute approximate surface area is 121 Å². The predicted octanol–water partition coefficient (Wildman–Crippen LogP) is 1.45. The number of aryl methyl sites for hydroxylation is 1. The molecule has 0 radical (unpaired) electrons. The number of hydrogen-bond donors (Lipinski definition) is 3. The van der Waals surface area contributed by atoms with Crippen molar-refractivity contribution < 1.29 is 19.4 Å². The molecule has 6 nitrogen and oxygen atoms in total. The van der Waals surface area contributed by atoms with E-state index in [-0.39, 0.29) is 13.0 Å². The average Bonchev–Trinajstić information content (AvgIpc) is 3.05. The molecule has 1 saturated heterocycles. The number of carboxylic acid groups (broad SMARTS) is 1. The van der Waals surface area contributed by atoms with E-state index in [1.807, 2.05) is 25.1 Å². The highest BCUT2D eigenvalue weighted by atomic mass is 16.5. The van der Waals surface area contributed by atoms with Gasteiger partial charge in [0.25, 0.3) is 5.91 Å². The molecule has 1 amide bonds. The van der Waals surface area contributed by atoms with Crippen molar-refractivity contribution in [3.05, 3.63) is 35.5 Å². The number of amides is 1. The number of ether oxygens (including phenoxy) is 1. The molecule has 1 fully saturated rings. The molecule has 1 unspecified atom stereocenters. The molecule has 21 heavy (non-hydrogen) atoms. The summed E-state index contributed by atoms with van der Waals surface area (Å²) in [6.45, 7) is 2.29. The summed E-state index contributed by atoms with van der Waals surface area (Å²) in [5.74, 6) is -1.50. The van der Waals surface area contributed by atoms with Gasteiger partial charge in [-0.3, -0.25) is 4.79 Å². The fourth-order valence-electron chi connectivity index (χ4n) is 2.53. The molecule has 1 aromatic heterocycles. The number of aromatic nitrogens is 1. The van der Waals surface area contributed by atoms with E-state index in [4.69, 9.17) is 4.74 Å². The molecule has 1 aliphatic rings. The topological polar surface area (TPSA) is 91.4 Å². The highest BCUT2D eigenvalue weighted by molar-refractivity contribution is 6.00. The molecule has 0 aliphatic carbocycles. The van der Waals surface area contributed by atoms with Gasteiger partial charge in [-0.2, -0.15) is 0 Å². The zero-order valence-corrected chi connectivity index (χ0v) is 11.6. The second-order valence-electron chi connectivity index (χ2n) is 5.42. The highest BCUT2D eigenvalue weighted by Crippen LogP contribution is 2.21. The Morgan fingerprint density at radius 2 is 2.19 bits per heavy atom. The van der Waals surface area contributed by atoms with Crippen LogP contribution in [0.3, 0.4) is 0 Å². The molecule has 1 atom stereocenters. The van der Waals surface area contributed by atoms with Crippen LogP contribution >= 0.6 is 0 Å². The van der Waals surface area contributed by atoms with Crippen LogP contribution in [0.1, 0.15) is 22.5 Å². The van der Waals surface area contributed by atoms with Crippen LogP contribution in [0.4, 0.5) is 0 Å². The van der Waals surface area contributed by atoms with Crippen LogP contribution < -0.4 is 5.32 Å². The van der Waals surface area contributed by atoms with Crippen molar-refractivity contribution >= 4 is 22.8 Å². The first-order valence-corrected chi connectivity index (χ1v) is 6.73. The third kappa shape index (κ3) is 2.38. The summed E-state index contributed by atoms with van der Waals surface area (Å²) in [6.07, 6.45) is 0.271. The van der Waals surface area contributed by atoms with E-state index in [0.29, 0.717) is 12.3 Å². The average molecular weight is 288 g/mol. The van der Waals surface area contributed by atoms with Gasteiger partial charge in [-0.15, -0.1) is 0 Å². The summed E-state index contributed by atoms with van der Waals surface area (Å²) in [6, 6.07) is 7.54. The predicted molar refractivity (Wildman–Crippen MR) is 76.3 cm³/mol. The Bertz CT molecular complexity index is 714. The van der Waals surface area contributed by atoms with Gasteiger partial charge in [-0.05, 0) is 24.6 Å². The number of rotatable bonds is 3. The number of carbonyl (C=O) groups is 2. The van der Waals surface area contributed by atoms with E-state index in [1.165, 1.54) is 0 Å². The Balaban J connectivity index is 1.88. The summed E-state index contributed by atoms with van der Waals surface area (Å²) < 4.78 is 5.13. The summed E-state index contributed by atoms with van der Waals surface area (Å²) in [5.41, 5.74) is 0.961. The Morgan fingerprint density at radius 3 is 2.86 bits per heavy atom. The van der Waals surface area contributed by atoms with E-state index >= 15 is 0 Å². The van der Waals surface area contributed by atoms with Crippen LogP contribution in [0.25, 0.3) is 10.9 Å². The zero-order chi connectivity index (χ0) is 15.0. The summed E-state index contributed by atoms with van der Waals surface area (Å²) in [5, 5.41) is 12.8. The van der Waals surface area contributed by atoms with Gasteiger partial charge in [0, 0.05) is 23.9 Å². The smallest absolute Gasteiger partial charge is 0.331 e. The van der Waals surface area contributed by atoms with Crippen molar-refractivity contribution in [3.8, 4) is 0 Å². The minimum Gasteiger partial charge on any atom is -0.479 e. The van der Waals surface area contributed by atoms with Gasteiger partial charge in [0.1, 0.15) is 5.69 Å². The van der Waals surface area contributed by atoms with E-state index in [1.54, 1.807) is 6.07 Å². The third-order valence-corrected chi connectivity index (χ3v) is 3.81. The first-order chi connectivity index (χ1) is 10.00. The lowest BCUT2D eigenvalue weighted by atomic mass is 9.99. The number of nitrogens with one attached hydrogen (secondary N) is 2. The lowest BCUT2D eigenvalue weighted by Gasteiger charge is -2.23. The van der Waals surface area contributed by atoms with Gasteiger partial charge in [0.2, 0.25) is 0 Å². The molecular formula is C15H16N2O4. The molecule has 3 rings (SSSR count). The molecule has 2 aromatic rings. The third-order valence-electron chi connectivity index (χ3n) is 3.81. The van der Waals surface area contributed by atoms with E-state index in [9.17, 15) is 14.7 Å². The zero-order valence-electron chi connectivity index (χ0n) is 11.6. The van der Waals surface area contributed by atoms with Gasteiger partial charge in [-0.25, -0.2) is 4.79 Å². The molecule has 1 aromatic carbocycles. The number of hydrogen-bond acceptors (Lipinski definition) is 3. The molecule has 0 saturated carbocycles. The number of H-pyrrole nitrogens is 1. The summed E-state index contributed by atoms with van der Waals surface area (Å²) >= 11 is 0. The lowest BCUT2D eigenvalue weighted by Crippen LogP contribution is -2.55. The quantitative estimate of drug-likeness (QED) is 0.797. The number of aliphatic carboxylic acids is 1. The largest absolute Gasteiger partial charge is 0.479 e. The minimum absolute atomic E-state index is 0.00654. The van der Waals surface area contributed by atoms with Gasteiger partial charge < -0.3 is 20.1 Å². The van der Waals surface area contributed by atoms with Crippen LogP contribution in [-0.2, 0) is 9.53 Å². The maximum Gasteiger partial charge on any atom is 0.331 e. The Morgan fingerprint density at radius 1 is 1.38 bits per heavy atom. The first-order valence-electron chi connectivity index (χ1n) is 6.73. The number of fused-ring (bicyclic) bond motifs is 1. The van der Waals surface area contributed by atoms with Crippen LogP contribution in [-0.4, -0.2) is 40.7 Å². The molecule has 0 bridgehead atoms. The maximum absolute atomic E-state index is 12.3. The fourth-order valence-corrected chi connectivity index (χ4v) is 2.53.